The van der Waals surface area contributed by atoms with Crippen LogP contribution in [0.15, 0.2) is 114 Å². The summed E-state index contributed by atoms with van der Waals surface area (Å²) in [4.78, 5) is 5.08. The van der Waals surface area contributed by atoms with E-state index in [1.54, 1.807) is 0 Å². The molecule has 56 heavy (non-hydrogen) atoms. The largest absolute Gasteiger partial charge is 0.461 e. The van der Waals surface area contributed by atoms with E-state index >= 15 is 0 Å². The van der Waals surface area contributed by atoms with Crippen LogP contribution < -0.4 is 10.6 Å². The van der Waals surface area contributed by atoms with Gasteiger partial charge in [0.15, 0.2) is 11.6 Å². The summed E-state index contributed by atoms with van der Waals surface area (Å²) >= 11 is 0. The molecule has 3 heterocycles. The Labute approximate surface area is 329 Å². The molecular formula is C51H48N4O. The molecule has 0 spiro atoms. The second-order valence-electron chi connectivity index (χ2n) is 16.5. The summed E-state index contributed by atoms with van der Waals surface area (Å²) < 4.78 is 11.7. The van der Waals surface area contributed by atoms with Crippen LogP contribution in [0.3, 0.4) is 0 Å². The average Bonchev–Trinajstić information content (AvgIpc) is 3.96. The Morgan fingerprint density at radius 3 is 2.66 bits per heavy atom. The van der Waals surface area contributed by atoms with E-state index in [9.17, 15) is 0 Å². The number of hydrogen-bond donors (Lipinski definition) is 0. The molecule has 0 bridgehead atoms. The van der Waals surface area contributed by atoms with Gasteiger partial charge < -0.3 is 8.98 Å². The number of hydrogen-bond acceptors (Lipinski definition) is 3. The number of aromatic nitrogens is 4. The summed E-state index contributed by atoms with van der Waals surface area (Å²) in [5.41, 5.74) is 13.2. The van der Waals surface area contributed by atoms with Crippen LogP contribution in [0.4, 0.5) is 0 Å². The van der Waals surface area contributed by atoms with Gasteiger partial charge in [0.2, 0.25) is 0 Å². The maximum absolute atomic E-state index is 6.88. The van der Waals surface area contributed by atoms with Crippen molar-refractivity contribution in [1.82, 2.24) is 19.3 Å². The highest BCUT2D eigenvalue weighted by Crippen LogP contribution is 2.42. The smallest absolute Gasteiger partial charge is 0.181 e. The van der Waals surface area contributed by atoms with E-state index in [0.29, 0.717) is 24.3 Å². The summed E-state index contributed by atoms with van der Waals surface area (Å²) in [5, 5.41) is 6.41. The normalized spacial score (nSPS) is 23.1. The van der Waals surface area contributed by atoms with Gasteiger partial charge in [-0.05, 0) is 104 Å². The first-order valence-electron chi connectivity index (χ1n) is 21.0. The van der Waals surface area contributed by atoms with Crippen LogP contribution in [0, 0.1) is 11.8 Å². The van der Waals surface area contributed by atoms with E-state index in [4.69, 9.17) is 14.5 Å². The molecular weight excluding hydrogens is 685 g/mol. The Bertz CT molecular complexity index is 2650. The van der Waals surface area contributed by atoms with E-state index < -0.39 is 0 Å². The minimum absolute atomic E-state index is 0.248. The van der Waals surface area contributed by atoms with Gasteiger partial charge in [-0.1, -0.05) is 121 Å². The molecule has 3 aromatic heterocycles. The standard InChI is InChI=1S/C51H48N4O/c1-4-15-35(16-5-1)38-26-28-43-42-22-10-11-24-45(42)55(46(43)31-38)40-27-29-44-48(32-40)56-47-25-13-23-41(49(44)47)39-21-12-14-34(30-39)33-54-51(37-19-8-3-9-20-37)52-50(53-54)36-17-6-2-7-18-36/h1-2,4-8,11-12,14-15,17-21,24,26,28-30,32,35,38,40-41H,3,9-10,13,16,22-23,25,27,31,33H2. The molecule has 5 heteroatoms. The third-order valence-corrected chi connectivity index (χ3v) is 13.1. The number of nitrogens with zero attached hydrogens (tertiary/aromatic N) is 4. The molecule has 0 N–H and O–H groups in total. The van der Waals surface area contributed by atoms with Crippen molar-refractivity contribution < 1.29 is 4.42 Å². The summed E-state index contributed by atoms with van der Waals surface area (Å²) in [6.07, 6.45) is 41.5. The molecule has 2 aromatic carbocycles. The molecule has 5 nitrogen and oxygen atoms in total. The maximum Gasteiger partial charge on any atom is 0.181 e. The summed E-state index contributed by atoms with van der Waals surface area (Å²) in [6.45, 7) is 0.669. The van der Waals surface area contributed by atoms with Gasteiger partial charge in [-0.2, -0.15) is 5.10 Å². The quantitative estimate of drug-likeness (QED) is 0.167. The van der Waals surface area contributed by atoms with E-state index in [0.717, 1.165) is 92.4 Å². The minimum atomic E-state index is 0.248. The predicted molar refractivity (Wildman–Crippen MR) is 227 cm³/mol. The zero-order valence-electron chi connectivity index (χ0n) is 32.0. The van der Waals surface area contributed by atoms with Crippen molar-refractivity contribution in [1.29, 1.82) is 0 Å². The number of furan rings is 1. The van der Waals surface area contributed by atoms with E-state index in [1.165, 1.54) is 50.2 Å². The van der Waals surface area contributed by atoms with Crippen LogP contribution in [0.25, 0.3) is 41.3 Å². The van der Waals surface area contributed by atoms with Gasteiger partial charge in [0.25, 0.3) is 0 Å². The number of fused-ring (bicyclic) bond motifs is 6. The highest BCUT2D eigenvalue weighted by Gasteiger charge is 2.33. The third kappa shape index (κ3) is 5.91. The first-order valence-corrected chi connectivity index (χ1v) is 21.0. The lowest BCUT2D eigenvalue weighted by Gasteiger charge is -2.28. The second kappa shape index (κ2) is 14.1. The summed E-state index contributed by atoms with van der Waals surface area (Å²) in [5.74, 6) is 4.30. The predicted octanol–water partition coefficient (Wildman–Crippen LogP) is 10.1. The maximum atomic E-state index is 6.88. The lowest BCUT2D eigenvalue weighted by atomic mass is 9.80. The van der Waals surface area contributed by atoms with Crippen LogP contribution in [-0.2, 0) is 25.8 Å². The summed E-state index contributed by atoms with van der Waals surface area (Å²) in [6, 6.07) is 19.8. The molecule has 0 radical (unpaired) electrons. The van der Waals surface area contributed by atoms with Crippen LogP contribution >= 0.6 is 0 Å². The second-order valence-corrected chi connectivity index (χ2v) is 16.5. The van der Waals surface area contributed by atoms with Gasteiger partial charge in [-0.3, -0.25) is 0 Å². The van der Waals surface area contributed by atoms with Crippen LogP contribution in [0.1, 0.15) is 108 Å². The fraction of sp³-hybridized carbons (Fsp3) is 0.294. The fourth-order valence-electron chi connectivity index (χ4n) is 10.4. The lowest BCUT2D eigenvalue weighted by Crippen LogP contribution is -2.31. The van der Waals surface area contributed by atoms with E-state index in [1.807, 2.05) is 6.07 Å². The first-order chi connectivity index (χ1) is 27.7. The highest BCUT2D eigenvalue weighted by atomic mass is 16.3. The molecule has 6 aliphatic rings. The molecule has 0 saturated heterocycles. The monoisotopic (exact) mass is 732 g/mol. The third-order valence-electron chi connectivity index (χ3n) is 13.1. The van der Waals surface area contributed by atoms with Crippen molar-refractivity contribution in [3.05, 3.63) is 171 Å². The van der Waals surface area contributed by atoms with E-state index in [-0.39, 0.29) is 6.04 Å². The SMILES string of the molecule is C1=CCC(C2C=Cc3c4c(n(C5C=c6oc7c(c6=CC5)C(c5cccc(Cn6nc(-c8ccccc8)nc6C6=CCCC=C6)c5)CCC7)c3C2)C=CCC4)C=C1. The van der Waals surface area contributed by atoms with Crippen LogP contribution in [0.2, 0.25) is 0 Å². The molecule has 278 valence electrons. The fourth-order valence-corrected chi connectivity index (χ4v) is 10.4. The number of benzene rings is 2. The molecule has 4 atom stereocenters. The Kier molecular flexibility index (Phi) is 8.48. The molecule has 0 saturated carbocycles. The highest BCUT2D eigenvalue weighted by molar-refractivity contribution is 5.72. The average molecular weight is 733 g/mol. The lowest BCUT2D eigenvalue weighted by molar-refractivity contribution is 0.438. The first kappa shape index (κ1) is 33.6. The molecule has 11 rings (SSSR count). The van der Waals surface area contributed by atoms with Crippen LogP contribution in [-0.4, -0.2) is 19.3 Å². The number of rotatable bonds is 7. The van der Waals surface area contributed by atoms with Gasteiger partial charge in [-0.15, -0.1) is 0 Å². The topological polar surface area (TPSA) is 48.8 Å². The Morgan fingerprint density at radius 2 is 1.77 bits per heavy atom. The molecule has 0 amide bonds. The number of aryl methyl sites for hydroxylation is 1. The van der Waals surface area contributed by atoms with Gasteiger partial charge >= 0.3 is 0 Å². The number of allylic oxidation sites excluding steroid dienone is 10. The minimum Gasteiger partial charge on any atom is -0.461 e. The molecule has 6 aliphatic carbocycles. The molecule has 0 fully saturated rings. The zero-order chi connectivity index (χ0) is 37.0. The van der Waals surface area contributed by atoms with Crippen molar-refractivity contribution in [2.24, 2.45) is 11.8 Å². The van der Waals surface area contributed by atoms with Crippen molar-refractivity contribution in [3.8, 4) is 11.4 Å². The van der Waals surface area contributed by atoms with Gasteiger partial charge in [-0.25, -0.2) is 9.67 Å². The van der Waals surface area contributed by atoms with Crippen molar-refractivity contribution >= 4 is 29.9 Å². The van der Waals surface area contributed by atoms with Crippen LogP contribution in [0.5, 0.6) is 0 Å². The van der Waals surface area contributed by atoms with Crippen molar-refractivity contribution in [3.63, 3.8) is 0 Å². The Balaban J connectivity index is 0.923. The Hall–Kier alpha value is -5.68. The zero-order valence-corrected chi connectivity index (χ0v) is 32.0. The van der Waals surface area contributed by atoms with Gasteiger partial charge in [0.1, 0.15) is 11.2 Å². The van der Waals surface area contributed by atoms with Crippen molar-refractivity contribution in [2.75, 3.05) is 0 Å². The van der Waals surface area contributed by atoms with Crippen molar-refractivity contribution in [2.45, 2.75) is 82.7 Å². The van der Waals surface area contributed by atoms with Gasteiger partial charge in [0, 0.05) is 45.6 Å². The van der Waals surface area contributed by atoms with Gasteiger partial charge in [0.05, 0.1) is 12.6 Å². The molecule has 0 aliphatic heterocycles. The Morgan fingerprint density at radius 1 is 0.821 bits per heavy atom. The van der Waals surface area contributed by atoms with E-state index in [2.05, 4.69) is 137 Å². The molecule has 5 aromatic rings. The molecule has 4 unspecified atom stereocenters. The summed E-state index contributed by atoms with van der Waals surface area (Å²) in [7, 11) is 0.